The maximum absolute atomic E-state index is 11.9. The SMILES string of the molecule is O=C(CNc1cc(-c2ccccc2)nc2ccnn12)NC1CC1. The lowest BCUT2D eigenvalue weighted by molar-refractivity contribution is -0.119. The van der Waals surface area contributed by atoms with Crippen molar-refractivity contribution in [3.05, 3.63) is 48.7 Å². The van der Waals surface area contributed by atoms with Gasteiger partial charge in [0.15, 0.2) is 5.65 Å². The van der Waals surface area contributed by atoms with Crippen LogP contribution in [0.3, 0.4) is 0 Å². The summed E-state index contributed by atoms with van der Waals surface area (Å²) in [5.41, 5.74) is 2.63. The van der Waals surface area contributed by atoms with Crippen molar-refractivity contribution in [1.29, 1.82) is 0 Å². The highest BCUT2D eigenvalue weighted by atomic mass is 16.2. The predicted molar refractivity (Wildman–Crippen MR) is 88.1 cm³/mol. The molecular weight excluding hydrogens is 290 g/mol. The maximum atomic E-state index is 11.9. The molecule has 1 aliphatic carbocycles. The van der Waals surface area contributed by atoms with Crippen LogP contribution >= 0.6 is 0 Å². The number of hydrogen-bond acceptors (Lipinski definition) is 4. The molecule has 0 saturated heterocycles. The third kappa shape index (κ3) is 3.01. The molecule has 1 amide bonds. The summed E-state index contributed by atoms with van der Waals surface area (Å²) in [5, 5.41) is 10.4. The average molecular weight is 307 g/mol. The molecule has 3 aromatic rings. The van der Waals surface area contributed by atoms with Gasteiger partial charge in [-0.1, -0.05) is 30.3 Å². The number of benzene rings is 1. The zero-order valence-electron chi connectivity index (χ0n) is 12.6. The Kier molecular flexibility index (Phi) is 3.42. The molecule has 6 heteroatoms. The van der Waals surface area contributed by atoms with Crippen molar-refractivity contribution in [2.75, 3.05) is 11.9 Å². The van der Waals surface area contributed by atoms with Gasteiger partial charge in [-0.3, -0.25) is 4.79 Å². The molecule has 0 unspecified atom stereocenters. The number of nitrogens with zero attached hydrogens (tertiary/aromatic N) is 3. The van der Waals surface area contributed by atoms with Crippen molar-refractivity contribution in [2.24, 2.45) is 0 Å². The lowest BCUT2D eigenvalue weighted by Crippen LogP contribution is -2.31. The van der Waals surface area contributed by atoms with E-state index in [1.807, 2.05) is 42.5 Å². The molecule has 2 N–H and O–H groups in total. The van der Waals surface area contributed by atoms with E-state index in [1.165, 1.54) is 0 Å². The summed E-state index contributed by atoms with van der Waals surface area (Å²) in [7, 11) is 0. The van der Waals surface area contributed by atoms with Crippen molar-refractivity contribution >= 4 is 17.4 Å². The van der Waals surface area contributed by atoms with Crippen LogP contribution in [0.5, 0.6) is 0 Å². The zero-order valence-corrected chi connectivity index (χ0v) is 12.6. The smallest absolute Gasteiger partial charge is 0.239 e. The van der Waals surface area contributed by atoms with E-state index in [4.69, 9.17) is 0 Å². The van der Waals surface area contributed by atoms with Crippen molar-refractivity contribution in [1.82, 2.24) is 19.9 Å². The van der Waals surface area contributed by atoms with Crippen molar-refractivity contribution in [2.45, 2.75) is 18.9 Å². The number of amides is 1. The molecule has 1 fully saturated rings. The number of carbonyl (C=O) groups excluding carboxylic acids is 1. The van der Waals surface area contributed by atoms with Crippen LogP contribution < -0.4 is 10.6 Å². The summed E-state index contributed by atoms with van der Waals surface area (Å²) >= 11 is 0. The van der Waals surface area contributed by atoms with Crippen LogP contribution in [0.25, 0.3) is 16.9 Å². The van der Waals surface area contributed by atoms with Crippen LogP contribution in [0.15, 0.2) is 48.7 Å². The molecule has 23 heavy (non-hydrogen) atoms. The summed E-state index contributed by atoms with van der Waals surface area (Å²) in [6, 6.07) is 14.1. The number of fused-ring (bicyclic) bond motifs is 1. The van der Waals surface area contributed by atoms with Crippen LogP contribution in [0, 0.1) is 0 Å². The number of aromatic nitrogens is 3. The number of carbonyl (C=O) groups is 1. The third-order valence-corrected chi connectivity index (χ3v) is 3.80. The largest absolute Gasteiger partial charge is 0.361 e. The van der Waals surface area contributed by atoms with E-state index >= 15 is 0 Å². The Bertz CT molecular complexity index is 839. The van der Waals surface area contributed by atoms with Gasteiger partial charge in [0.25, 0.3) is 0 Å². The van der Waals surface area contributed by atoms with Gasteiger partial charge < -0.3 is 10.6 Å². The molecule has 116 valence electrons. The Morgan fingerprint density at radius 2 is 2.04 bits per heavy atom. The molecule has 0 atom stereocenters. The molecule has 2 heterocycles. The highest BCUT2D eigenvalue weighted by Gasteiger charge is 2.23. The zero-order chi connectivity index (χ0) is 15.6. The van der Waals surface area contributed by atoms with Gasteiger partial charge in [-0.05, 0) is 12.8 Å². The van der Waals surface area contributed by atoms with Crippen molar-refractivity contribution < 1.29 is 4.79 Å². The molecule has 2 aromatic heterocycles. The van der Waals surface area contributed by atoms with Crippen molar-refractivity contribution in [3.63, 3.8) is 0 Å². The van der Waals surface area contributed by atoms with E-state index in [-0.39, 0.29) is 12.5 Å². The van der Waals surface area contributed by atoms with Crippen LogP contribution in [0.2, 0.25) is 0 Å². The maximum Gasteiger partial charge on any atom is 0.239 e. The fraction of sp³-hybridized carbons (Fsp3) is 0.235. The number of hydrogen-bond donors (Lipinski definition) is 2. The minimum Gasteiger partial charge on any atom is -0.361 e. The topological polar surface area (TPSA) is 71.3 Å². The summed E-state index contributed by atoms with van der Waals surface area (Å²) < 4.78 is 1.71. The lowest BCUT2D eigenvalue weighted by atomic mass is 10.1. The lowest BCUT2D eigenvalue weighted by Gasteiger charge is -2.10. The van der Waals surface area contributed by atoms with Gasteiger partial charge >= 0.3 is 0 Å². The number of anilines is 1. The molecule has 6 nitrogen and oxygen atoms in total. The summed E-state index contributed by atoms with van der Waals surface area (Å²) in [6.45, 7) is 0.226. The van der Waals surface area contributed by atoms with Gasteiger partial charge in [0.2, 0.25) is 5.91 Å². The Labute approximate surface area is 133 Å². The highest BCUT2D eigenvalue weighted by molar-refractivity contribution is 5.81. The number of nitrogens with one attached hydrogen (secondary N) is 2. The molecule has 0 radical (unpaired) electrons. The van der Waals surface area contributed by atoms with Gasteiger partial charge in [0, 0.05) is 23.7 Å². The quantitative estimate of drug-likeness (QED) is 0.757. The average Bonchev–Trinajstić information content (AvgIpc) is 3.26. The first-order chi connectivity index (χ1) is 11.3. The second kappa shape index (κ2) is 5.72. The molecule has 0 bridgehead atoms. The Morgan fingerprint density at radius 3 is 2.83 bits per heavy atom. The van der Waals surface area contributed by atoms with Gasteiger partial charge in [-0.2, -0.15) is 9.61 Å². The first-order valence-electron chi connectivity index (χ1n) is 7.73. The van der Waals surface area contributed by atoms with Crippen LogP contribution in [-0.2, 0) is 4.79 Å². The van der Waals surface area contributed by atoms with Gasteiger partial charge in [-0.25, -0.2) is 4.98 Å². The van der Waals surface area contributed by atoms with E-state index in [1.54, 1.807) is 10.7 Å². The molecule has 1 aromatic carbocycles. The van der Waals surface area contributed by atoms with Crippen molar-refractivity contribution in [3.8, 4) is 11.3 Å². The Balaban J connectivity index is 1.61. The molecule has 0 spiro atoms. The van der Waals surface area contributed by atoms with Crippen LogP contribution in [-0.4, -0.2) is 33.1 Å². The summed E-state index contributed by atoms with van der Waals surface area (Å²) in [6.07, 6.45) is 3.87. The minimum absolute atomic E-state index is 0.00544. The molecule has 0 aliphatic heterocycles. The second-order valence-electron chi connectivity index (χ2n) is 5.69. The fourth-order valence-corrected chi connectivity index (χ4v) is 2.47. The second-order valence-corrected chi connectivity index (χ2v) is 5.69. The number of rotatable bonds is 5. The van der Waals surface area contributed by atoms with E-state index < -0.39 is 0 Å². The third-order valence-electron chi connectivity index (χ3n) is 3.80. The summed E-state index contributed by atoms with van der Waals surface area (Å²) in [4.78, 5) is 16.5. The minimum atomic E-state index is 0.00544. The van der Waals surface area contributed by atoms with Gasteiger partial charge in [0.1, 0.15) is 5.82 Å². The standard InChI is InChI=1S/C17H17N5O/c23-17(20-13-6-7-13)11-18-16-10-14(12-4-2-1-3-5-12)21-15-8-9-19-22(15)16/h1-5,8-10,13,18H,6-7,11H2,(H,20,23). The Morgan fingerprint density at radius 1 is 1.22 bits per heavy atom. The molecule has 1 aliphatic rings. The van der Waals surface area contributed by atoms with E-state index in [2.05, 4.69) is 20.7 Å². The first-order valence-corrected chi connectivity index (χ1v) is 7.73. The normalized spacial score (nSPS) is 13.9. The highest BCUT2D eigenvalue weighted by Crippen LogP contribution is 2.22. The predicted octanol–water partition coefficient (Wildman–Crippen LogP) is 2.09. The van der Waals surface area contributed by atoms with Crippen LogP contribution in [0.4, 0.5) is 5.82 Å². The van der Waals surface area contributed by atoms with E-state index in [0.717, 1.165) is 35.6 Å². The molecule has 1 saturated carbocycles. The fourth-order valence-electron chi connectivity index (χ4n) is 2.47. The van der Waals surface area contributed by atoms with E-state index in [9.17, 15) is 4.79 Å². The van der Waals surface area contributed by atoms with Gasteiger partial charge in [0.05, 0.1) is 18.4 Å². The van der Waals surface area contributed by atoms with Gasteiger partial charge in [-0.15, -0.1) is 0 Å². The monoisotopic (exact) mass is 307 g/mol. The first kappa shape index (κ1) is 13.8. The Hall–Kier alpha value is -2.89. The van der Waals surface area contributed by atoms with E-state index in [0.29, 0.717) is 6.04 Å². The summed E-state index contributed by atoms with van der Waals surface area (Å²) in [5.74, 6) is 0.760. The molecular formula is C17H17N5O. The molecule has 4 rings (SSSR count). The van der Waals surface area contributed by atoms with Crippen LogP contribution in [0.1, 0.15) is 12.8 Å².